The lowest BCUT2D eigenvalue weighted by atomic mass is 9.93. The van der Waals surface area contributed by atoms with Crippen molar-refractivity contribution < 1.29 is 14.3 Å². The number of hydrogen-bond acceptors (Lipinski definition) is 5. The Morgan fingerprint density at radius 2 is 1.83 bits per heavy atom. The molecule has 0 saturated carbocycles. The number of amides is 3. The molecule has 0 radical (unpaired) electrons. The number of aryl methyl sites for hydroxylation is 1. The molecule has 1 saturated heterocycles. The van der Waals surface area contributed by atoms with Crippen LogP contribution in [0.5, 0.6) is 5.75 Å². The van der Waals surface area contributed by atoms with Crippen LogP contribution in [0.25, 0.3) is 10.6 Å². The standard InChI is InChI=1S/C23H23N3O3S/c1-23(13-12-16-8-10-19(29-2)11-9-16)21(27)26(22(28)25-23)14-18-15-30-20(24-18)17-6-4-3-5-7-17/h3-11,15H,12-14H2,1-2H3,(H,25,28)/t23-/m1/s1. The number of aromatic nitrogens is 1. The summed E-state index contributed by atoms with van der Waals surface area (Å²) in [6.07, 6.45) is 1.20. The first-order valence-corrected chi connectivity index (χ1v) is 10.6. The number of methoxy groups -OCH3 is 1. The van der Waals surface area contributed by atoms with Crippen molar-refractivity contribution in [1.82, 2.24) is 15.2 Å². The number of imide groups is 1. The van der Waals surface area contributed by atoms with Crippen molar-refractivity contribution in [3.05, 3.63) is 71.2 Å². The van der Waals surface area contributed by atoms with Gasteiger partial charge in [-0.15, -0.1) is 11.3 Å². The van der Waals surface area contributed by atoms with Crippen LogP contribution in [-0.2, 0) is 17.8 Å². The highest BCUT2D eigenvalue weighted by atomic mass is 32.1. The van der Waals surface area contributed by atoms with Gasteiger partial charge in [-0.1, -0.05) is 42.5 Å². The zero-order valence-electron chi connectivity index (χ0n) is 16.9. The second-order valence-electron chi connectivity index (χ2n) is 7.51. The number of urea groups is 1. The summed E-state index contributed by atoms with van der Waals surface area (Å²) in [5.41, 5.74) is 1.90. The molecular weight excluding hydrogens is 398 g/mol. The zero-order chi connectivity index (χ0) is 21.1. The number of benzene rings is 2. The topological polar surface area (TPSA) is 71.5 Å². The van der Waals surface area contributed by atoms with Crippen molar-refractivity contribution in [2.75, 3.05) is 7.11 Å². The van der Waals surface area contributed by atoms with Crippen LogP contribution in [0.2, 0.25) is 0 Å². The fourth-order valence-electron chi connectivity index (χ4n) is 3.50. The second-order valence-corrected chi connectivity index (χ2v) is 8.37. The average Bonchev–Trinajstić information content (AvgIpc) is 3.32. The molecule has 2 aromatic carbocycles. The van der Waals surface area contributed by atoms with Gasteiger partial charge in [-0.05, 0) is 37.5 Å². The number of nitrogens with one attached hydrogen (secondary N) is 1. The van der Waals surface area contributed by atoms with Crippen molar-refractivity contribution >= 4 is 23.3 Å². The molecule has 1 atom stereocenters. The van der Waals surface area contributed by atoms with Gasteiger partial charge in [0.1, 0.15) is 16.3 Å². The molecule has 1 aromatic heterocycles. The van der Waals surface area contributed by atoms with E-state index < -0.39 is 5.54 Å². The quantitative estimate of drug-likeness (QED) is 0.579. The Kier molecular flexibility index (Phi) is 5.55. The maximum atomic E-state index is 13.0. The molecule has 0 unspecified atom stereocenters. The largest absolute Gasteiger partial charge is 0.497 e. The fraction of sp³-hybridized carbons (Fsp3) is 0.261. The molecule has 1 fully saturated rings. The van der Waals surface area contributed by atoms with Gasteiger partial charge in [-0.2, -0.15) is 0 Å². The summed E-state index contributed by atoms with van der Waals surface area (Å²) in [7, 11) is 1.63. The van der Waals surface area contributed by atoms with E-state index in [0.717, 1.165) is 21.9 Å². The van der Waals surface area contributed by atoms with E-state index in [2.05, 4.69) is 10.3 Å². The van der Waals surface area contributed by atoms with Gasteiger partial charge in [0.15, 0.2) is 0 Å². The van der Waals surface area contributed by atoms with Crippen molar-refractivity contribution in [2.24, 2.45) is 0 Å². The van der Waals surface area contributed by atoms with Crippen LogP contribution in [0.1, 0.15) is 24.6 Å². The number of hydrogen-bond donors (Lipinski definition) is 1. The molecule has 4 rings (SSSR count). The maximum Gasteiger partial charge on any atom is 0.325 e. The normalized spacial score (nSPS) is 18.5. The van der Waals surface area contributed by atoms with Gasteiger partial charge in [0, 0.05) is 10.9 Å². The van der Waals surface area contributed by atoms with Crippen molar-refractivity contribution in [3.63, 3.8) is 0 Å². The molecule has 0 bridgehead atoms. The van der Waals surface area contributed by atoms with Crippen LogP contribution in [0.3, 0.4) is 0 Å². The van der Waals surface area contributed by atoms with E-state index in [9.17, 15) is 9.59 Å². The number of carbonyl (C=O) groups is 2. The highest BCUT2D eigenvalue weighted by Crippen LogP contribution is 2.28. The summed E-state index contributed by atoms with van der Waals surface area (Å²) in [5.74, 6) is 0.579. The minimum absolute atomic E-state index is 0.173. The third-order valence-electron chi connectivity index (χ3n) is 5.31. The SMILES string of the molecule is COc1ccc(CC[C@@]2(C)NC(=O)N(Cc3csc(-c4ccccc4)n3)C2=O)cc1. The minimum Gasteiger partial charge on any atom is -0.497 e. The Hall–Kier alpha value is -3.19. The second kappa shape index (κ2) is 8.28. The van der Waals surface area contributed by atoms with Crippen LogP contribution in [0.15, 0.2) is 60.0 Å². The van der Waals surface area contributed by atoms with E-state index >= 15 is 0 Å². The number of rotatable bonds is 7. The Labute approximate surface area is 179 Å². The molecule has 1 aliphatic rings. The van der Waals surface area contributed by atoms with Gasteiger partial charge in [-0.25, -0.2) is 9.78 Å². The smallest absolute Gasteiger partial charge is 0.325 e. The molecule has 7 heteroatoms. The predicted molar refractivity (Wildman–Crippen MR) is 116 cm³/mol. The number of thiazole rings is 1. The summed E-state index contributed by atoms with van der Waals surface area (Å²) < 4.78 is 5.18. The van der Waals surface area contributed by atoms with E-state index in [1.165, 1.54) is 16.2 Å². The Balaban J connectivity index is 1.42. The highest BCUT2D eigenvalue weighted by Gasteiger charge is 2.47. The zero-order valence-corrected chi connectivity index (χ0v) is 17.7. The van der Waals surface area contributed by atoms with Crippen LogP contribution >= 0.6 is 11.3 Å². The number of ether oxygens (including phenoxy) is 1. The summed E-state index contributed by atoms with van der Waals surface area (Å²) in [6.45, 7) is 1.96. The number of carbonyl (C=O) groups excluding carboxylic acids is 2. The minimum atomic E-state index is -0.921. The van der Waals surface area contributed by atoms with E-state index in [-0.39, 0.29) is 18.5 Å². The van der Waals surface area contributed by atoms with Crippen LogP contribution < -0.4 is 10.1 Å². The lowest BCUT2D eigenvalue weighted by Crippen LogP contribution is -2.44. The summed E-state index contributed by atoms with van der Waals surface area (Å²) in [5, 5.41) is 5.64. The summed E-state index contributed by atoms with van der Waals surface area (Å²) >= 11 is 1.51. The molecule has 30 heavy (non-hydrogen) atoms. The van der Waals surface area contributed by atoms with Gasteiger partial charge in [-0.3, -0.25) is 9.69 Å². The van der Waals surface area contributed by atoms with Gasteiger partial charge >= 0.3 is 6.03 Å². The number of nitrogens with zero attached hydrogens (tertiary/aromatic N) is 2. The predicted octanol–water partition coefficient (Wildman–Crippen LogP) is 4.26. The van der Waals surface area contributed by atoms with Gasteiger partial charge in [0.25, 0.3) is 5.91 Å². The molecule has 0 aliphatic carbocycles. The Bertz CT molecular complexity index is 1050. The first-order valence-electron chi connectivity index (χ1n) is 9.75. The Morgan fingerprint density at radius 1 is 1.10 bits per heavy atom. The van der Waals surface area contributed by atoms with Crippen LogP contribution in [0.4, 0.5) is 4.79 Å². The summed E-state index contributed by atoms with van der Waals surface area (Å²) in [4.78, 5) is 31.4. The first-order chi connectivity index (χ1) is 14.5. The molecule has 2 heterocycles. The first kappa shape index (κ1) is 20.1. The molecule has 3 aromatic rings. The van der Waals surface area contributed by atoms with Crippen LogP contribution in [-0.4, -0.2) is 34.5 Å². The lowest BCUT2D eigenvalue weighted by Gasteiger charge is -2.21. The fourth-order valence-corrected chi connectivity index (χ4v) is 4.32. The average molecular weight is 422 g/mol. The molecule has 6 nitrogen and oxygen atoms in total. The van der Waals surface area contributed by atoms with Crippen LogP contribution in [0, 0.1) is 0 Å². The molecule has 0 spiro atoms. The monoisotopic (exact) mass is 421 g/mol. The van der Waals surface area contributed by atoms with Gasteiger partial charge in [0.05, 0.1) is 19.3 Å². The van der Waals surface area contributed by atoms with Crippen molar-refractivity contribution in [3.8, 4) is 16.3 Å². The van der Waals surface area contributed by atoms with E-state index in [1.54, 1.807) is 14.0 Å². The molecular formula is C23H23N3O3S. The highest BCUT2D eigenvalue weighted by molar-refractivity contribution is 7.13. The Morgan fingerprint density at radius 3 is 2.53 bits per heavy atom. The van der Waals surface area contributed by atoms with Crippen molar-refractivity contribution in [2.45, 2.75) is 31.8 Å². The molecule has 154 valence electrons. The third kappa shape index (κ3) is 4.07. The lowest BCUT2D eigenvalue weighted by molar-refractivity contribution is -0.131. The van der Waals surface area contributed by atoms with Crippen molar-refractivity contribution in [1.29, 1.82) is 0 Å². The van der Waals surface area contributed by atoms with E-state index in [1.807, 2.05) is 60.0 Å². The van der Waals surface area contributed by atoms with Gasteiger partial charge < -0.3 is 10.1 Å². The molecule has 1 aliphatic heterocycles. The third-order valence-corrected chi connectivity index (χ3v) is 6.25. The van der Waals surface area contributed by atoms with E-state index in [4.69, 9.17) is 4.74 Å². The van der Waals surface area contributed by atoms with Gasteiger partial charge in [0.2, 0.25) is 0 Å². The molecule has 1 N–H and O–H groups in total. The summed E-state index contributed by atoms with van der Waals surface area (Å²) in [6, 6.07) is 17.2. The molecule has 3 amide bonds. The maximum absolute atomic E-state index is 13.0. The van der Waals surface area contributed by atoms with E-state index in [0.29, 0.717) is 18.5 Å².